The van der Waals surface area contributed by atoms with Crippen LogP contribution < -0.4 is 10.2 Å². The minimum Gasteiger partial charge on any atom is -0.355 e. The molecule has 0 unspecified atom stereocenters. The molecular formula is C20H27N3O3. The van der Waals surface area contributed by atoms with Crippen LogP contribution in [-0.2, 0) is 14.4 Å². The first-order valence-electron chi connectivity index (χ1n) is 9.46. The van der Waals surface area contributed by atoms with Crippen LogP contribution in [0, 0.1) is 0 Å². The minimum atomic E-state index is -0.0640. The average molecular weight is 357 g/mol. The van der Waals surface area contributed by atoms with Gasteiger partial charge in [0.2, 0.25) is 17.7 Å². The molecular weight excluding hydrogens is 330 g/mol. The molecule has 1 atom stereocenters. The lowest BCUT2D eigenvalue weighted by Gasteiger charge is -2.31. The van der Waals surface area contributed by atoms with Gasteiger partial charge >= 0.3 is 0 Å². The van der Waals surface area contributed by atoms with Crippen LogP contribution in [0.25, 0.3) is 0 Å². The number of nitrogens with one attached hydrogen (secondary N) is 1. The van der Waals surface area contributed by atoms with Gasteiger partial charge in [-0.2, -0.15) is 0 Å². The van der Waals surface area contributed by atoms with E-state index in [1.807, 2.05) is 24.3 Å². The Kier molecular flexibility index (Phi) is 5.91. The number of benzene rings is 1. The number of rotatable bonds is 5. The number of hydrogen-bond acceptors (Lipinski definition) is 3. The molecule has 26 heavy (non-hydrogen) atoms. The number of hydrogen-bond donors (Lipinski definition) is 1. The number of anilines is 1. The van der Waals surface area contributed by atoms with Gasteiger partial charge in [-0.3, -0.25) is 14.4 Å². The maximum absolute atomic E-state index is 12.2. The summed E-state index contributed by atoms with van der Waals surface area (Å²) in [6.07, 6.45) is 4.35. The largest absolute Gasteiger partial charge is 0.355 e. The minimum absolute atomic E-state index is 0.00123. The van der Waals surface area contributed by atoms with Crippen LogP contribution in [-0.4, -0.2) is 49.3 Å². The Morgan fingerprint density at radius 1 is 1.15 bits per heavy atom. The molecule has 2 aliphatic rings. The van der Waals surface area contributed by atoms with Crippen molar-refractivity contribution in [1.29, 1.82) is 0 Å². The van der Waals surface area contributed by atoms with Gasteiger partial charge in [0, 0.05) is 57.5 Å². The van der Waals surface area contributed by atoms with Gasteiger partial charge in [0.25, 0.3) is 0 Å². The Morgan fingerprint density at radius 3 is 2.81 bits per heavy atom. The molecule has 1 aromatic rings. The molecule has 6 nitrogen and oxygen atoms in total. The van der Waals surface area contributed by atoms with E-state index in [0.29, 0.717) is 32.4 Å². The van der Waals surface area contributed by atoms with Crippen molar-refractivity contribution in [1.82, 2.24) is 10.2 Å². The third-order valence-corrected chi connectivity index (χ3v) is 5.36. The van der Waals surface area contributed by atoms with E-state index in [-0.39, 0.29) is 23.6 Å². The fourth-order valence-corrected chi connectivity index (χ4v) is 3.75. The summed E-state index contributed by atoms with van der Waals surface area (Å²) in [7, 11) is 1.79. The molecule has 3 rings (SSSR count). The molecule has 2 aliphatic heterocycles. The molecule has 0 radical (unpaired) electrons. The van der Waals surface area contributed by atoms with Crippen molar-refractivity contribution in [2.45, 2.75) is 44.4 Å². The van der Waals surface area contributed by atoms with Crippen molar-refractivity contribution in [2.75, 3.05) is 31.6 Å². The van der Waals surface area contributed by atoms with Crippen molar-refractivity contribution in [3.8, 4) is 0 Å². The summed E-state index contributed by atoms with van der Waals surface area (Å²) in [5.41, 5.74) is 2.01. The van der Waals surface area contributed by atoms with Gasteiger partial charge < -0.3 is 15.1 Å². The van der Waals surface area contributed by atoms with Crippen LogP contribution in [0.1, 0.15) is 50.0 Å². The van der Waals surface area contributed by atoms with E-state index in [0.717, 1.165) is 37.1 Å². The van der Waals surface area contributed by atoms with E-state index < -0.39 is 0 Å². The smallest absolute Gasteiger partial charge is 0.227 e. The SMILES string of the molecule is CN1C(=O)C[C@@H](CNC(=O)CCN2CCCCCC2=O)c2ccccc21. The van der Waals surface area contributed by atoms with Gasteiger partial charge in [0.15, 0.2) is 0 Å². The summed E-state index contributed by atoms with van der Waals surface area (Å²) < 4.78 is 0. The van der Waals surface area contributed by atoms with E-state index in [1.54, 1.807) is 16.8 Å². The molecule has 6 heteroatoms. The fourth-order valence-electron chi connectivity index (χ4n) is 3.75. The molecule has 0 bridgehead atoms. The predicted molar refractivity (Wildman–Crippen MR) is 99.9 cm³/mol. The van der Waals surface area contributed by atoms with Crippen molar-refractivity contribution in [3.05, 3.63) is 29.8 Å². The molecule has 2 heterocycles. The zero-order valence-electron chi connectivity index (χ0n) is 15.4. The second-order valence-electron chi connectivity index (χ2n) is 7.16. The molecule has 140 valence electrons. The van der Waals surface area contributed by atoms with Gasteiger partial charge in [-0.05, 0) is 24.5 Å². The number of carbonyl (C=O) groups excluding carboxylic acids is 3. The Hall–Kier alpha value is -2.37. The third kappa shape index (κ3) is 4.23. The Labute approximate surface area is 154 Å². The molecule has 1 aromatic carbocycles. The first-order chi connectivity index (χ1) is 12.6. The highest BCUT2D eigenvalue weighted by Crippen LogP contribution is 2.34. The van der Waals surface area contributed by atoms with Gasteiger partial charge in [-0.1, -0.05) is 24.6 Å². The number of fused-ring (bicyclic) bond motifs is 1. The first kappa shape index (κ1) is 18.4. The first-order valence-corrected chi connectivity index (χ1v) is 9.46. The zero-order chi connectivity index (χ0) is 18.5. The standard InChI is InChI=1S/C20H27N3O3/c1-22-17-8-5-4-7-16(17)15(13-20(22)26)14-21-18(24)10-12-23-11-6-2-3-9-19(23)25/h4-5,7-8,15H,2-3,6,9-14H2,1H3,(H,21,24)/t15-/m0/s1. The van der Waals surface area contributed by atoms with E-state index in [9.17, 15) is 14.4 Å². The third-order valence-electron chi connectivity index (χ3n) is 5.36. The lowest BCUT2D eigenvalue weighted by atomic mass is 9.89. The van der Waals surface area contributed by atoms with Crippen molar-refractivity contribution in [3.63, 3.8) is 0 Å². The maximum Gasteiger partial charge on any atom is 0.227 e. The number of carbonyl (C=O) groups is 3. The lowest BCUT2D eigenvalue weighted by molar-refractivity contribution is -0.131. The second-order valence-corrected chi connectivity index (χ2v) is 7.16. The maximum atomic E-state index is 12.2. The highest BCUT2D eigenvalue weighted by Gasteiger charge is 2.29. The van der Waals surface area contributed by atoms with E-state index in [1.165, 1.54) is 0 Å². The summed E-state index contributed by atoms with van der Waals surface area (Å²) in [4.78, 5) is 39.9. The quantitative estimate of drug-likeness (QED) is 0.877. The van der Waals surface area contributed by atoms with Crippen LogP contribution >= 0.6 is 0 Å². The van der Waals surface area contributed by atoms with E-state index in [2.05, 4.69) is 5.32 Å². The Balaban J connectivity index is 1.52. The molecule has 0 aromatic heterocycles. The van der Waals surface area contributed by atoms with Gasteiger partial charge in [0.1, 0.15) is 0 Å². The van der Waals surface area contributed by atoms with Crippen LogP contribution in [0.2, 0.25) is 0 Å². The molecule has 0 aliphatic carbocycles. The number of nitrogens with zero attached hydrogens (tertiary/aromatic N) is 2. The molecule has 3 amide bonds. The van der Waals surface area contributed by atoms with Crippen LogP contribution in [0.15, 0.2) is 24.3 Å². The highest BCUT2D eigenvalue weighted by molar-refractivity contribution is 5.96. The summed E-state index contributed by atoms with van der Waals surface area (Å²) in [6, 6.07) is 7.83. The summed E-state index contributed by atoms with van der Waals surface area (Å²) in [5.74, 6) is 0.160. The highest BCUT2D eigenvalue weighted by atomic mass is 16.2. The van der Waals surface area contributed by atoms with E-state index >= 15 is 0 Å². The van der Waals surface area contributed by atoms with Gasteiger partial charge in [-0.25, -0.2) is 0 Å². The molecule has 0 spiro atoms. The zero-order valence-corrected chi connectivity index (χ0v) is 15.4. The van der Waals surface area contributed by atoms with Crippen molar-refractivity contribution < 1.29 is 14.4 Å². The normalized spacial score (nSPS) is 20.6. The van der Waals surface area contributed by atoms with Crippen LogP contribution in [0.4, 0.5) is 5.69 Å². The van der Waals surface area contributed by atoms with Gasteiger partial charge in [0.05, 0.1) is 0 Å². The average Bonchev–Trinajstić information content (AvgIpc) is 2.86. The number of amides is 3. The van der Waals surface area contributed by atoms with E-state index in [4.69, 9.17) is 0 Å². The fraction of sp³-hybridized carbons (Fsp3) is 0.550. The van der Waals surface area contributed by atoms with Crippen LogP contribution in [0.5, 0.6) is 0 Å². The predicted octanol–water partition coefficient (Wildman–Crippen LogP) is 2.05. The number of likely N-dealkylation sites (tertiary alicyclic amines) is 1. The van der Waals surface area contributed by atoms with Crippen LogP contribution in [0.3, 0.4) is 0 Å². The Morgan fingerprint density at radius 2 is 1.96 bits per heavy atom. The summed E-state index contributed by atoms with van der Waals surface area (Å²) >= 11 is 0. The Bertz CT molecular complexity index is 689. The lowest BCUT2D eigenvalue weighted by Crippen LogP contribution is -2.39. The summed E-state index contributed by atoms with van der Waals surface area (Å²) in [6.45, 7) is 1.68. The number of para-hydroxylation sites is 1. The second kappa shape index (κ2) is 8.34. The molecule has 1 saturated heterocycles. The molecule has 1 N–H and O–H groups in total. The summed E-state index contributed by atoms with van der Waals surface area (Å²) in [5, 5.41) is 2.95. The monoisotopic (exact) mass is 357 g/mol. The van der Waals surface area contributed by atoms with Gasteiger partial charge in [-0.15, -0.1) is 0 Å². The molecule has 0 saturated carbocycles. The van der Waals surface area contributed by atoms with Crippen molar-refractivity contribution >= 4 is 23.4 Å². The topological polar surface area (TPSA) is 69.7 Å². The molecule has 1 fully saturated rings. The van der Waals surface area contributed by atoms with Crippen molar-refractivity contribution in [2.24, 2.45) is 0 Å².